The predicted molar refractivity (Wildman–Crippen MR) is 77.9 cm³/mol. The number of hydrogen-bond acceptors (Lipinski definition) is 5. The minimum atomic E-state index is -0.469. The van der Waals surface area contributed by atoms with Crippen molar-refractivity contribution in [2.24, 2.45) is 0 Å². The fraction of sp³-hybridized carbons (Fsp3) is 0.143. The SMILES string of the molecule is COCc1cccc(Nc2cc(N)cc([N+](=O)[O-])c2)c1. The standard InChI is InChI=1S/C14H15N3O3/c1-20-9-10-3-2-4-12(5-10)16-13-6-11(15)7-14(8-13)17(18)19/h2-8,16H,9,15H2,1H3. The molecule has 0 aliphatic rings. The number of nitrogen functional groups attached to an aromatic ring is 1. The van der Waals surface area contributed by atoms with Crippen molar-refractivity contribution in [3.63, 3.8) is 0 Å². The highest BCUT2D eigenvalue weighted by Gasteiger charge is 2.08. The van der Waals surface area contributed by atoms with Crippen molar-refractivity contribution in [2.45, 2.75) is 6.61 Å². The summed E-state index contributed by atoms with van der Waals surface area (Å²) in [5.74, 6) is 0. The molecule has 0 aliphatic heterocycles. The summed E-state index contributed by atoms with van der Waals surface area (Å²) in [4.78, 5) is 10.3. The zero-order chi connectivity index (χ0) is 14.5. The molecule has 0 bridgehead atoms. The number of non-ortho nitro benzene ring substituents is 1. The van der Waals surface area contributed by atoms with Crippen molar-refractivity contribution in [1.29, 1.82) is 0 Å². The second-order valence-corrected chi connectivity index (χ2v) is 4.33. The Morgan fingerprint density at radius 3 is 2.75 bits per heavy atom. The Kier molecular flexibility index (Phi) is 4.17. The van der Waals surface area contributed by atoms with Gasteiger partial charge in [0.15, 0.2) is 0 Å². The highest BCUT2D eigenvalue weighted by atomic mass is 16.6. The largest absolute Gasteiger partial charge is 0.398 e. The molecule has 0 spiro atoms. The number of ether oxygens (including phenoxy) is 1. The first-order chi connectivity index (χ1) is 9.58. The van der Waals surface area contributed by atoms with E-state index in [2.05, 4.69) is 5.32 Å². The van der Waals surface area contributed by atoms with E-state index in [1.807, 2.05) is 24.3 Å². The van der Waals surface area contributed by atoms with Crippen molar-refractivity contribution in [1.82, 2.24) is 0 Å². The topological polar surface area (TPSA) is 90.4 Å². The number of hydrogen-bond donors (Lipinski definition) is 2. The van der Waals surface area contributed by atoms with Gasteiger partial charge in [-0.15, -0.1) is 0 Å². The summed E-state index contributed by atoms with van der Waals surface area (Å²) in [6, 6.07) is 12.0. The lowest BCUT2D eigenvalue weighted by atomic mass is 10.2. The molecule has 2 aromatic carbocycles. The van der Waals surface area contributed by atoms with Crippen molar-refractivity contribution in [3.8, 4) is 0 Å². The van der Waals surface area contributed by atoms with Gasteiger partial charge in [0.25, 0.3) is 5.69 Å². The molecule has 6 nitrogen and oxygen atoms in total. The Labute approximate surface area is 116 Å². The van der Waals surface area contributed by atoms with E-state index in [9.17, 15) is 10.1 Å². The van der Waals surface area contributed by atoms with E-state index >= 15 is 0 Å². The van der Waals surface area contributed by atoms with Crippen LogP contribution < -0.4 is 11.1 Å². The molecule has 0 aliphatic carbocycles. The summed E-state index contributed by atoms with van der Waals surface area (Å²) < 4.78 is 5.07. The number of rotatable bonds is 5. The smallest absolute Gasteiger partial charge is 0.273 e. The monoisotopic (exact) mass is 273 g/mol. The molecule has 0 heterocycles. The molecule has 0 saturated heterocycles. The fourth-order valence-corrected chi connectivity index (χ4v) is 1.88. The number of anilines is 3. The average Bonchev–Trinajstić information content (AvgIpc) is 2.38. The van der Waals surface area contributed by atoms with Crippen LogP contribution in [0.3, 0.4) is 0 Å². The van der Waals surface area contributed by atoms with E-state index in [0.29, 0.717) is 18.0 Å². The minimum Gasteiger partial charge on any atom is -0.398 e. The van der Waals surface area contributed by atoms with Crippen molar-refractivity contribution in [3.05, 3.63) is 58.1 Å². The first-order valence-corrected chi connectivity index (χ1v) is 5.98. The van der Waals surface area contributed by atoms with Crippen LogP contribution in [0, 0.1) is 10.1 Å². The first kappa shape index (κ1) is 13.8. The quantitative estimate of drug-likeness (QED) is 0.496. The van der Waals surface area contributed by atoms with Crippen molar-refractivity contribution >= 4 is 22.7 Å². The van der Waals surface area contributed by atoms with Crippen molar-refractivity contribution in [2.75, 3.05) is 18.2 Å². The molecule has 0 fully saturated rings. The van der Waals surface area contributed by atoms with Crippen LogP contribution in [0.25, 0.3) is 0 Å². The van der Waals surface area contributed by atoms with Crippen LogP contribution in [0.1, 0.15) is 5.56 Å². The highest BCUT2D eigenvalue weighted by Crippen LogP contribution is 2.25. The van der Waals surface area contributed by atoms with E-state index in [1.165, 1.54) is 12.1 Å². The van der Waals surface area contributed by atoms with Crippen LogP contribution >= 0.6 is 0 Å². The van der Waals surface area contributed by atoms with Crippen LogP contribution in [0.15, 0.2) is 42.5 Å². The molecule has 0 saturated carbocycles. The number of nitro benzene ring substituents is 1. The molecule has 0 aromatic heterocycles. The lowest BCUT2D eigenvalue weighted by Gasteiger charge is -2.09. The van der Waals surface area contributed by atoms with Gasteiger partial charge in [0.1, 0.15) is 0 Å². The second-order valence-electron chi connectivity index (χ2n) is 4.33. The Bertz CT molecular complexity index is 629. The van der Waals surface area contributed by atoms with Gasteiger partial charge in [0, 0.05) is 36.3 Å². The van der Waals surface area contributed by atoms with Crippen molar-refractivity contribution < 1.29 is 9.66 Å². The Balaban J connectivity index is 2.25. The normalized spacial score (nSPS) is 10.2. The minimum absolute atomic E-state index is 0.0412. The van der Waals surface area contributed by atoms with E-state index < -0.39 is 4.92 Å². The molecular weight excluding hydrogens is 258 g/mol. The number of methoxy groups -OCH3 is 1. The molecule has 2 aromatic rings. The zero-order valence-corrected chi connectivity index (χ0v) is 11.0. The lowest BCUT2D eigenvalue weighted by Crippen LogP contribution is -1.97. The Morgan fingerprint density at radius 2 is 2.05 bits per heavy atom. The van der Waals surface area contributed by atoms with E-state index in [0.717, 1.165) is 11.3 Å². The number of nitrogens with one attached hydrogen (secondary N) is 1. The maximum Gasteiger partial charge on any atom is 0.273 e. The van der Waals surface area contributed by atoms with Crippen LogP contribution in [-0.2, 0) is 11.3 Å². The van der Waals surface area contributed by atoms with E-state index in [-0.39, 0.29) is 5.69 Å². The van der Waals surface area contributed by atoms with Gasteiger partial charge in [-0.05, 0) is 23.8 Å². The molecule has 104 valence electrons. The summed E-state index contributed by atoms with van der Waals surface area (Å²) in [6.07, 6.45) is 0. The molecule has 0 amide bonds. The lowest BCUT2D eigenvalue weighted by molar-refractivity contribution is -0.384. The summed E-state index contributed by atoms with van der Waals surface area (Å²) in [5, 5.41) is 13.9. The van der Waals surface area contributed by atoms with Gasteiger partial charge >= 0.3 is 0 Å². The third kappa shape index (κ3) is 3.46. The fourth-order valence-electron chi connectivity index (χ4n) is 1.88. The molecule has 2 rings (SSSR count). The summed E-state index contributed by atoms with van der Waals surface area (Å²) >= 11 is 0. The molecule has 0 radical (unpaired) electrons. The maximum atomic E-state index is 10.8. The number of nitrogens with zero attached hydrogens (tertiary/aromatic N) is 1. The van der Waals surface area contributed by atoms with Gasteiger partial charge in [-0.1, -0.05) is 12.1 Å². The second kappa shape index (κ2) is 6.03. The third-order valence-electron chi connectivity index (χ3n) is 2.68. The Morgan fingerprint density at radius 1 is 1.25 bits per heavy atom. The third-order valence-corrected chi connectivity index (χ3v) is 2.68. The average molecular weight is 273 g/mol. The first-order valence-electron chi connectivity index (χ1n) is 5.98. The Hall–Kier alpha value is -2.60. The molecular formula is C14H15N3O3. The van der Waals surface area contributed by atoms with Gasteiger partial charge < -0.3 is 15.8 Å². The summed E-state index contributed by atoms with van der Waals surface area (Å²) in [6.45, 7) is 0.507. The molecule has 0 atom stereocenters. The van der Waals surface area contributed by atoms with Gasteiger partial charge in [0.2, 0.25) is 0 Å². The molecule has 3 N–H and O–H groups in total. The number of nitro groups is 1. The van der Waals surface area contributed by atoms with E-state index in [1.54, 1.807) is 13.2 Å². The van der Waals surface area contributed by atoms with Crippen LogP contribution in [-0.4, -0.2) is 12.0 Å². The predicted octanol–water partition coefficient (Wildman–Crippen LogP) is 3.07. The van der Waals surface area contributed by atoms with Gasteiger partial charge in [-0.3, -0.25) is 10.1 Å². The maximum absolute atomic E-state index is 10.8. The number of nitrogens with two attached hydrogens (primary N) is 1. The molecule has 0 unspecified atom stereocenters. The van der Waals surface area contributed by atoms with Crippen LogP contribution in [0.5, 0.6) is 0 Å². The van der Waals surface area contributed by atoms with Gasteiger partial charge in [-0.25, -0.2) is 0 Å². The summed E-state index contributed by atoms with van der Waals surface area (Å²) in [5.41, 5.74) is 8.37. The van der Waals surface area contributed by atoms with Crippen LogP contribution in [0.4, 0.5) is 22.7 Å². The van der Waals surface area contributed by atoms with Gasteiger partial charge in [-0.2, -0.15) is 0 Å². The van der Waals surface area contributed by atoms with Crippen LogP contribution in [0.2, 0.25) is 0 Å². The number of benzene rings is 2. The zero-order valence-electron chi connectivity index (χ0n) is 11.0. The highest BCUT2D eigenvalue weighted by molar-refractivity contribution is 5.67. The summed E-state index contributed by atoms with van der Waals surface area (Å²) in [7, 11) is 1.63. The molecule has 20 heavy (non-hydrogen) atoms. The van der Waals surface area contributed by atoms with Gasteiger partial charge in [0.05, 0.1) is 11.5 Å². The van der Waals surface area contributed by atoms with E-state index in [4.69, 9.17) is 10.5 Å². The molecule has 6 heteroatoms.